The minimum Gasteiger partial charge on any atom is -0.497 e. The Morgan fingerprint density at radius 1 is 1.30 bits per heavy atom. The molecular formula is C17H17ClN2O2S. The van der Waals surface area contributed by atoms with Crippen molar-refractivity contribution in [3.05, 3.63) is 59.1 Å². The maximum absolute atomic E-state index is 12.6. The number of amides is 2. The number of rotatable bonds is 3. The summed E-state index contributed by atoms with van der Waals surface area (Å²) in [5, 5.41) is 3.60. The molecule has 2 aromatic carbocycles. The summed E-state index contributed by atoms with van der Waals surface area (Å²) >= 11 is 7.81. The molecule has 0 spiro atoms. The predicted molar refractivity (Wildman–Crippen MR) is 95.4 cm³/mol. The summed E-state index contributed by atoms with van der Waals surface area (Å²) in [6, 6.07) is 14.9. The zero-order valence-corrected chi connectivity index (χ0v) is 14.2. The molecule has 1 saturated heterocycles. The molecule has 2 aromatic rings. The van der Waals surface area contributed by atoms with Gasteiger partial charge in [0.1, 0.15) is 11.1 Å². The van der Waals surface area contributed by atoms with E-state index in [-0.39, 0.29) is 11.4 Å². The van der Waals surface area contributed by atoms with Crippen LogP contribution >= 0.6 is 23.4 Å². The summed E-state index contributed by atoms with van der Waals surface area (Å²) in [7, 11) is 1.60. The Morgan fingerprint density at radius 3 is 2.91 bits per heavy atom. The third kappa shape index (κ3) is 3.74. The molecule has 23 heavy (non-hydrogen) atoms. The summed E-state index contributed by atoms with van der Waals surface area (Å²) in [4.78, 5) is 14.4. The molecule has 1 N–H and O–H groups in total. The number of ether oxygens (including phenoxy) is 1. The van der Waals surface area contributed by atoms with Crippen molar-refractivity contribution in [3.8, 4) is 5.75 Å². The van der Waals surface area contributed by atoms with E-state index in [0.29, 0.717) is 17.3 Å². The van der Waals surface area contributed by atoms with Gasteiger partial charge in [0.05, 0.1) is 7.11 Å². The Morgan fingerprint density at radius 2 is 2.13 bits per heavy atom. The van der Waals surface area contributed by atoms with Gasteiger partial charge >= 0.3 is 6.03 Å². The van der Waals surface area contributed by atoms with Crippen molar-refractivity contribution >= 4 is 35.1 Å². The number of hydrogen-bond acceptors (Lipinski definition) is 3. The monoisotopic (exact) mass is 348 g/mol. The number of halogens is 1. The Hall–Kier alpha value is -1.85. The van der Waals surface area contributed by atoms with Gasteiger partial charge in [-0.1, -0.05) is 29.8 Å². The third-order valence-electron chi connectivity index (χ3n) is 3.61. The molecule has 1 heterocycles. The fraction of sp³-hybridized carbons (Fsp3) is 0.235. The molecular weight excluding hydrogens is 332 g/mol. The van der Waals surface area contributed by atoms with Gasteiger partial charge in [0.15, 0.2) is 0 Å². The van der Waals surface area contributed by atoms with Crippen LogP contribution in [0.4, 0.5) is 10.5 Å². The molecule has 0 aliphatic carbocycles. The van der Waals surface area contributed by atoms with Crippen LogP contribution in [0.15, 0.2) is 48.5 Å². The van der Waals surface area contributed by atoms with Crippen molar-refractivity contribution in [2.24, 2.45) is 0 Å². The highest BCUT2D eigenvalue weighted by Gasteiger charge is 2.30. The summed E-state index contributed by atoms with van der Waals surface area (Å²) in [6.07, 6.45) is 0. The lowest BCUT2D eigenvalue weighted by atomic mass is 10.2. The van der Waals surface area contributed by atoms with E-state index in [1.807, 2.05) is 47.4 Å². The van der Waals surface area contributed by atoms with Gasteiger partial charge in [-0.25, -0.2) is 4.79 Å². The second-order valence-electron chi connectivity index (χ2n) is 5.13. The highest BCUT2D eigenvalue weighted by atomic mass is 35.5. The molecule has 0 saturated carbocycles. The van der Waals surface area contributed by atoms with Crippen LogP contribution in [0.3, 0.4) is 0 Å². The molecule has 0 radical (unpaired) electrons. The van der Waals surface area contributed by atoms with Gasteiger partial charge in [0.2, 0.25) is 0 Å². The number of benzene rings is 2. The van der Waals surface area contributed by atoms with Crippen molar-refractivity contribution < 1.29 is 9.53 Å². The molecule has 0 aromatic heterocycles. The number of carbonyl (C=O) groups is 1. The number of methoxy groups -OCH3 is 1. The third-order valence-corrected chi connectivity index (χ3v) is 5.10. The Bertz CT molecular complexity index is 710. The van der Waals surface area contributed by atoms with Crippen molar-refractivity contribution in [2.75, 3.05) is 24.7 Å². The van der Waals surface area contributed by atoms with Gasteiger partial charge in [0, 0.05) is 29.1 Å². The molecule has 1 aliphatic rings. The van der Waals surface area contributed by atoms with Crippen molar-refractivity contribution in [2.45, 2.75) is 5.37 Å². The van der Waals surface area contributed by atoms with E-state index < -0.39 is 0 Å². The van der Waals surface area contributed by atoms with Gasteiger partial charge in [-0.15, -0.1) is 11.8 Å². The number of anilines is 1. The second kappa shape index (κ2) is 7.15. The number of nitrogens with one attached hydrogen (secondary N) is 1. The molecule has 120 valence electrons. The van der Waals surface area contributed by atoms with E-state index in [2.05, 4.69) is 5.32 Å². The van der Waals surface area contributed by atoms with Crippen LogP contribution in [0.5, 0.6) is 5.75 Å². The van der Waals surface area contributed by atoms with E-state index in [0.717, 1.165) is 17.0 Å². The van der Waals surface area contributed by atoms with E-state index in [1.54, 1.807) is 24.9 Å². The molecule has 0 unspecified atom stereocenters. The van der Waals surface area contributed by atoms with E-state index in [4.69, 9.17) is 16.3 Å². The Labute approximate surface area is 144 Å². The molecule has 1 atom stereocenters. The largest absolute Gasteiger partial charge is 0.497 e. The minimum absolute atomic E-state index is 0.0145. The summed E-state index contributed by atoms with van der Waals surface area (Å²) in [5.74, 6) is 1.62. The summed E-state index contributed by atoms with van der Waals surface area (Å²) < 4.78 is 5.18. The quantitative estimate of drug-likeness (QED) is 0.879. The fourth-order valence-corrected chi connectivity index (χ4v) is 3.95. The summed E-state index contributed by atoms with van der Waals surface area (Å²) in [5.41, 5.74) is 1.76. The van der Waals surface area contributed by atoms with Crippen molar-refractivity contribution in [1.29, 1.82) is 0 Å². The van der Waals surface area contributed by atoms with E-state index in [9.17, 15) is 4.79 Å². The molecule has 1 aliphatic heterocycles. The molecule has 1 fully saturated rings. The maximum Gasteiger partial charge on any atom is 0.323 e. The van der Waals surface area contributed by atoms with E-state index >= 15 is 0 Å². The molecule has 0 bridgehead atoms. The number of urea groups is 1. The van der Waals surface area contributed by atoms with Crippen LogP contribution in [0.1, 0.15) is 10.9 Å². The second-order valence-corrected chi connectivity index (χ2v) is 6.76. The van der Waals surface area contributed by atoms with Crippen molar-refractivity contribution in [1.82, 2.24) is 4.90 Å². The first-order chi connectivity index (χ1) is 11.2. The first-order valence-corrected chi connectivity index (χ1v) is 8.69. The van der Waals surface area contributed by atoms with Gasteiger partial charge in [-0.3, -0.25) is 0 Å². The maximum atomic E-state index is 12.6. The number of thioether (sulfide) groups is 1. The molecule has 2 amide bonds. The lowest BCUT2D eigenvalue weighted by Gasteiger charge is -2.24. The minimum atomic E-state index is -0.117. The Kier molecular flexibility index (Phi) is 4.98. The zero-order chi connectivity index (χ0) is 16.2. The van der Waals surface area contributed by atoms with Crippen LogP contribution in [-0.4, -0.2) is 30.3 Å². The van der Waals surface area contributed by atoms with Gasteiger partial charge in [0.25, 0.3) is 0 Å². The molecule has 4 nitrogen and oxygen atoms in total. The highest BCUT2D eigenvalue weighted by Crippen LogP contribution is 2.38. The fourth-order valence-electron chi connectivity index (χ4n) is 2.51. The highest BCUT2D eigenvalue weighted by molar-refractivity contribution is 7.99. The number of nitrogens with zero attached hydrogens (tertiary/aromatic N) is 1. The topological polar surface area (TPSA) is 41.6 Å². The Balaban J connectivity index is 1.75. The van der Waals surface area contributed by atoms with Crippen LogP contribution in [-0.2, 0) is 0 Å². The van der Waals surface area contributed by atoms with Crippen LogP contribution in [0.2, 0.25) is 5.02 Å². The predicted octanol–water partition coefficient (Wildman–Crippen LogP) is 4.63. The van der Waals surface area contributed by atoms with Gasteiger partial charge < -0.3 is 15.0 Å². The van der Waals surface area contributed by atoms with Crippen LogP contribution in [0, 0.1) is 0 Å². The average Bonchev–Trinajstić information content (AvgIpc) is 3.05. The lowest BCUT2D eigenvalue weighted by molar-refractivity contribution is 0.214. The summed E-state index contributed by atoms with van der Waals surface area (Å²) in [6.45, 7) is 0.706. The zero-order valence-electron chi connectivity index (χ0n) is 12.7. The normalized spacial score (nSPS) is 17.1. The van der Waals surface area contributed by atoms with E-state index in [1.165, 1.54) is 0 Å². The SMILES string of the molecule is COc1cccc(NC(=O)N2CCS[C@H]2c2cccc(Cl)c2)c1. The standard InChI is InChI=1S/C17H17ClN2O2S/c1-22-15-7-3-6-14(11-15)19-17(21)20-8-9-23-16(20)12-4-2-5-13(18)10-12/h2-7,10-11,16H,8-9H2,1H3,(H,19,21)/t16-/m0/s1. The van der Waals surface area contributed by atoms with Crippen LogP contribution in [0.25, 0.3) is 0 Å². The van der Waals surface area contributed by atoms with Gasteiger partial charge in [-0.2, -0.15) is 0 Å². The molecule has 3 rings (SSSR count). The first kappa shape index (κ1) is 16.0. The first-order valence-electron chi connectivity index (χ1n) is 7.26. The average molecular weight is 349 g/mol. The smallest absolute Gasteiger partial charge is 0.323 e. The van der Waals surface area contributed by atoms with Crippen LogP contribution < -0.4 is 10.1 Å². The number of hydrogen-bond donors (Lipinski definition) is 1. The van der Waals surface area contributed by atoms with Gasteiger partial charge in [-0.05, 0) is 29.8 Å². The number of carbonyl (C=O) groups excluding carboxylic acids is 1. The van der Waals surface area contributed by atoms with Crippen molar-refractivity contribution in [3.63, 3.8) is 0 Å². The molecule has 6 heteroatoms. The lowest BCUT2D eigenvalue weighted by Crippen LogP contribution is -2.34.